The van der Waals surface area contributed by atoms with Crippen molar-refractivity contribution in [1.29, 1.82) is 0 Å². The molecule has 0 saturated heterocycles. The van der Waals surface area contributed by atoms with E-state index in [0.29, 0.717) is 0 Å². The van der Waals surface area contributed by atoms with Gasteiger partial charge in [0.25, 0.3) is 0 Å². The Balaban J connectivity index is 4.78. The van der Waals surface area contributed by atoms with E-state index in [-0.39, 0.29) is 11.3 Å². The SMILES string of the molecule is CC(C)C(=O)OC(C)(C)C(=O)OC(C)(C)CC(C)(C)C. The fourth-order valence-electron chi connectivity index (χ4n) is 2.10. The van der Waals surface area contributed by atoms with Gasteiger partial charge in [-0.25, -0.2) is 4.79 Å². The third kappa shape index (κ3) is 6.92. The smallest absolute Gasteiger partial charge is 0.350 e. The molecule has 0 aromatic rings. The van der Waals surface area contributed by atoms with Gasteiger partial charge in [-0.1, -0.05) is 34.6 Å². The van der Waals surface area contributed by atoms with Crippen LogP contribution in [0, 0.1) is 11.3 Å². The van der Waals surface area contributed by atoms with Gasteiger partial charge in [0.2, 0.25) is 5.60 Å². The maximum Gasteiger partial charge on any atom is 0.350 e. The summed E-state index contributed by atoms with van der Waals surface area (Å²) in [4.78, 5) is 23.9. The Bertz CT molecular complexity index is 359. The molecule has 0 aromatic carbocycles. The second kappa shape index (κ2) is 6.15. The van der Waals surface area contributed by atoms with Crippen molar-refractivity contribution in [2.45, 2.75) is 79.9 Å². The van der Waals surface area contributed by atoms with Gasteiger partial charge < -0.3 is 9.47 Å². The molecule has 4 nitrogen and oxygen atoms in total. The molecule has 0 amide bonds. The van der Waals surface area contributed by atoms with Crippen molar-refractivity contribution in [3.63, 3.8) is 0 Å². The predicted molar refractivity (Wildman–Crippen MR) is 79.3 cm³/mol. The summed E-state index contributed by atoms with van der Waals surface area (Å²) < 4.78 is 10.8. The van der Waals surface area contributed by atoms with Gasteiger partial charge in [0.05, 0.1) is 5.92 Å². The summed E-state index contributed by atoms with van der Waals surface area (Å²) in [7, 11) is 0. The highest BCUT2D eigenvalue weighted by Crippen LogP contribution is 2.31. The molecule has 0 heterocycles. The average Bonchev–Trinajstić information content (AvgIpc) is 2.11. The van der Waals surface area contributed by atoms with Crippen molar-refractivity contribution in [1.82, 2.24) is 0 Å². The van der Waals surface area contributed by atoms with Crippen LogP contribution in [0.25, 0.3) is 0 Å². The number of esters is 2. The Labute approximate surface area is 123 Å². The minimum atomic E-state index is -1.27. The highest BCUT2D eigenvalue weighted by atomic mass is 16.6. The number of ether oxygens (including phenoxy) is 2. The Kier molecular flexibility index (Phi) is 5.82. The molecular formula is C16H30O4. The lowest BCUT2D eigenvalue weighted by atomic mass is 9.83. The van der Waals surface area contributed by atoms with Crippen LogP contribution < -0.4 is 0 Å². The Morgan fingerprint density at radius 1 is 0.900 bits per heavy atom. The molecule has 0 unspecified atom stereocenters. The summed E-state index contributed by atoms with van der Waals surface area (Å²) in [6.45, 7) is 16.6. The lowest BCUT2D eigenvalue weighted by molar-refractivity contribution is -0.190. The molecule has 0 spiro atoms. The first-order valence-electron chi connectivity index (χ1n) is 7.13. The van der Waals surface area contributed by atoms with E-state index in [2.05, 4.69) is 20.8 Å². The van der Waals surface area contributed by atoms with Crippen LogP contribution >= 0.6 is 0 Å². The summed E-state index contributed by atoms with van der Waals surface area (Å²) in [5.41, 5.74) is -1.82. The summed E-state index contributed by atoms with van der Waals surface area (Å²) >= 11 is 0. The van der Waals surface area contributed by atoms with Gasteiger partial charge in [0, 0.05) is 0 Å². The molecule has 0 bridgehead atoms. The van der Waals surface area contributed by atoms with Gasteiger partial charge in [-0.3, -0.25) is 4.79 Å². The van der Waals surface area contributed by atoms with Crippen molar-refractivity contribution in [2.75, 3.05) is 0 Å². The fraction of sp³-hybridized carbons (Fsp3) is 0.875. The van der Waals surface area contributed by atoms with E-state index in [1.165, 1.54) is 0 Å². The van der Waals surface area contributed by atoms with Crippen molar-refractivity contribution >= 4 is 11.9 Å². The molecule has 0 fully saturated rings. The number of hydrogen-bond acceptors (Lipinski definition) is 4. The third-order valence-corrected chi connectivity index (χ3v) is 2.64. The first kappa shape index (κ1) is 18.9. The van der Waals surface area contributed by atoms with Crippen LogP contribution in [0.2, 0.25) is 0 Å². The second-order valence-electron chi connectivity index (χ2n) is 7.97. The van der Waals surface area contributed by atoms with E-state index in [1.54, 1.807) is 27.7 Å². The number of carbonyl (C=O) groups is 2. The Hall–Kier alpha value is -1.06. The number of carbonyl (C=O) groups excluding carboxylic acids is 2. The third-order valence-electron chi connectivity index (χ3n) is 2.64. The molecule has 0 radical (unpaired) electrons. The van der Waals surface area contributed by atoms with Crippen molar-refractivity contribution in [3.05, 3.63) is 0 Å². The molecule has 118 valence electrons. The molecule has 0 aliphatic rings. The standard InChI is InChI=1S/C16H30O4/c1-11(2)12(17)19-16(8,9)13(18)20-15(6,7)10-14(3,4)5/h11H,10H2,1-9H3. The van der Waals surface area contributed by atoms with Gasteiger partial charge in [-0.2, -0.15) is 0 Å². The molecule has 0 aliphatic carbocycles. The summed E-state index contributed by atoms with van der Waals surface area (Å²) in [6, 6.07) is 0. The molecule has 4 heteroatoms. The minimum Gasteiger partial charge on any atom is -0.457 e. The normalized spacial score (nSPS) is 13.3. The fourth-order valence-corrected chi connectivity index (χ4v) is 2.10. The van der Waals surface area contributed by atoms with Gasteiger partial charge in [-0.15, -0.1) is 0 Å². The van der Waals surface area contributed by atoms with E-state index in [0.717, 1.165) is 6.42 Å². The van der Waals surface area contributed by atoms with Crippen LogP contribution in [0.4, 0.5) is 0 Å². The zero-order valence-electron chi connectivity index (χ0n) is 14.4. The van der Waals surface area contributed by atoms with Crippen LogP contribution in [-0.2, 0) is 19.1 Å². The Morgan fingerprint density at radius 2 is 1.35 bits per heavy atom. The molecule has 20 heavy (non-hydrogen) atoms. The van der Waals surface area contributed by atoms with E-state index in [1.807, 2.05) is 13.8 Å². The van der Waals surface area contributed by atoms with Crippen molar-refractivity contribution < 1.29 is 19.1 Å². The van der Waals surface area contributed by atoms with Gasteiger partial charge >= 0.3 is 11.9 Å². The summed E-state index contributed by atoms with van der Waals surface area (Å²) in [6.07, 6.45) is 0.722. The second-order valence-corrected chi connectivity index (χ2v) is 7.97. The molecule has 0 N–H and O–H groups in total. The van der Waals surface area contributed by atoms with Gasteiger partial charge in [-0.05, 0) is 39.5 Å². The van der Waals surface area contributed by atoms with Crippen LogP contribution in [0.5, 0.6) is 0 Å². The summed E-state index contributed by atoms with van der Waals surface area (Å²) in [5.74, 6) is -1.19. The maximum atomic E-state index is 12.2. The van der Waals surface area contributed by atoms with Crippen LogP contribution in [0.15, 0.2) is 0 Å². The monoisotopic (exact) mass is 286 g/mol. The highest BCUT2D eigenvalue weighted by molar-refractivity contribution is 5.83. The van der Waals surface area contributed by atoms with E-state index < -0.39 is 23.1 Å². The molecule has 0 aromatic heterocycles. The zero-order chi connectivity index (χ0) is 16.4. The molecular weight excluding hydrogens is 256 g/mol. The van der Waals surface area contributed by atoms with Gasteiger partial charge in [0.15, 0.2) is 0 Å². The maximum absolute atomic E-state index is 12.2. The Morgan fingerprint density at radius 3 is 1.70 bits per heavy atom. The lowest BCUT2D eigenvalue weighted by Gasteiger charge is -2.35. The molecule has 0 rings (SSSR count). The van der Waals surface area contributed by atoms with E-state index in [4.69, 9.17) is 9.47 Å². The number of rotatable bonds is 5. The van der Waals surface area contributed by atoms with Crippen LogP contribution in [0.3, 0.4) is 0 Å². The lowest BCUT2D eigenvalue weighted by Crippen LogP contribution is -2.44. The molecule has 0 aliphatic heterocycles. The topological polar surface area (TPSA) is 52.6 Å². The van der Waals surface area contributed by atoms with Gasteiger partial charge in [0.1, 0.15) is 5.60 Å². The minimum absolute atomic E-state index is 0.0442. The van der Waals surface area contributed by atoms with Crippen LogP contribution in [-0.4, -0.2) is 23.1 Å². The average molecular weight is 286 g/mol. The molecule has 0 atom stereocenters. The van der Waals surface area contributed by atoms with E-state index in [9.17, 15) is 9.59 Å². The number of hydrogen-bond donors (Lipinski definition) is 0. The van der Waals surface area contributed by atoms with E-state index >= 15 is 0 Å². The summed E-state index contributed by atoms with van der Waals surface area (Å²) in [5, 5.41) is 0. The van der Waals surface area contributed by atoms with Crippen molar-refractivity contribution in [2.24, 2.45) is 11.3 Å². The predicted octanol–water partition coefficient (Wildman–Crippen LogP) is 3.72. The largest absolute Gasteiger partial charge is 0.457 e. The quantitative estimate of drug-likeness (QED) is 0.723. The first-order chi connectivity index (χ1) is 8.66. The first-order valence-corrected chi connectivity index (χ1v) is 7.13. The zero-order valence-corrected chi connectivity index (χ0v) is 14.4. The van der Waals surface area contributed by atoms with Crippen LogP contribution in [0.1, 0.15) is 68.7 Å². The highest BCUT2D eigenvalue weighted by Gasteiger charge is 2.39. The van der Waals surface area contributed by atoms with Crippen molar-refractivity contribution in [3.8, 4) is 0 Å². The molecule has 0 saturated carbocycles.